The number of nitrogens with two attached hydrogens (primary N) is 1. The molecule has 4 rings (SSSR count). The molecule has 5 nitrogen and oxygen atoms in total. The molecule has 0 bridgehead atoms. The number of allylic oxidation sites excluding steroid dienone is 1. The highest BCUT2D eigenvalue weighted by molar-refractivity contribution is 5.91. The minimum absolute atomic E-state index is 0.0154. The first-order valence-electron chi connectivity index (χ1n) is 9.78. The van der Waals surface area contributed by atoms with E-state index in [1.165, 1.54) is 29.8 Å². The first kappa shape index (κ1) is 20.2. The average molecular weight is 414 g/mol. The summed E-state index contributed by atoms with van der Waals surface area (Å²) in [6.45, 7) is 2.08. The van der Waals surface area contributed by atoms with Gasteiger partial charge in [0.2, 0.25) is 5.88 Å². The Hall–Kier alpha value is -4.11. The lowest BCUT2D eigenvalue weighted by Gasteiger charge is -2.26. The summed E-state index contributed by atoms with van der Waals surface area (Å²) in [6, 6.07) is 20.2. The van der Waals surface area contributed by atoms with Crippen LogP contribution in [0.4, 0.5) is 4.39 Å². The molecular weight excluding hydrogens is 395 g/mol. The summed E-state index contributed by atoms with van der Waals surface area (Å²) in [5.74, 6) is -0.772. The molecule has 6 heteroatoms. The Kier molecular flexibility index (Phi) is 5.42. The number of nitriles is 1. The van der Waals surface area contributed by atoms with E-state index in [-0.39, 0.29) is 23.1 Å². The molecule has 0 radical (unpaired) electrons. The number of ether oxygens (including phenoxy) is 2. The minimum atomic E-state index is -0.622. The molecule has 31 heavy (non-hydrogen) atoms. The monoisotopic (exact) mass is 414 g/mol. The second kappa shape index (κ2) is 8.33. The van der Waals surface area contributed by atoms with Gasteiger partial charge in [-0.25, -0.2) is 9.18 Å². The maximum absolute atomic E-state index is 13.1. The van der Waals surface area contributed by atoms with Gasteiger partial charge in [0.15, 0.2) is 0 Å². The Morgan fingerprint density at radius 2 is 1.84 bits per heavy atom. The largest absolute Gasteiger partial charge is 0.440 e. The molecule has 0 aromatic heterocycles. The van der Waals surface area contributed by atoms with Crippen LogP contribution in [0.2, 0.25) is 0 Å². The molecule has 2 N–H and O–H groups in total. The summed E-state index contributed by atoms with van der Waals surface area (Å²) in [7, 11) is 0. The van der Waals surface area contributed by atoms with E-state index in [2.05, 4.69) is 13.0 Å². The van der Waals surface area contributed by atoms with Gasteiger partial charge in [0.25, 0.3) is 0 Å². The van der Waals surface area contributed by atoms with Gasteiger partial charge in [-0.05, 0) is 47.9 Å². The summed E-state index contributed by atoms with van der Waals surface area (Å²) in [5.41, 5.74) is 9.44. The maximum Gasteiger partial charge on any atom is 0.343 e. The van der Waals surface area contributed by atoms with Gasteiger partial charge in [-0.2, -0.15) is 5.26 Å². The Labute approximate surface area is 179 Å². The Morgan fingerprint density at radius 1 is 1.13 bits per heavy atom. The van der Waals surface area contributed by atoms with E-state index in [4.69, 9.17) is 15.2 Å². The van der Waals surface area contributed by atoms with Crippen LogP contribution in [0, 0.1) is 17.1 Å². The summed E-state index contributed by atoms with van der Waals surface area (Å²) >= 11 is 0. The van der Waals surface area contributed by atoms with E-state index in [0.717, 1.165) is 17.5 Å². The summed E-state index contributed by atoms with van der Waals surface area (Å²) in [4.78, 5) is 12.3. The summed E-state index contributed by atoms with van der Waals surface area (Å²) in [5, 5.41) is 9.67. The molecule has 0 spiro atoms. The van der Waals surface area contributed by atoms with Crippen LogP contribution in [0.1, 0.15) is 39.9 Å². The Morgan fingerprint density at radius 3 is 2.48 bits per heavy atom. The topological polar surface area (TPSA) is 85.3 Å². The second-order valence-electron chi connectivity index (χ2n) is 7.12. The fourth-order valence-electron chi connectivity index (χ4n) is 3.54. The lowest BCUT2D eigenvalue weighted by atomic mass is 9.83. The third kappa shape index (κ3) is 3.99. The van der Waals surface area contributed by atoms with Gasteiger partial charge >= 0.3 is 5.97 Å². The highest BCUT2D eigenvalue weighted by Gasteiger charge is 2.31. The number of esters is 1. The van der Waals surface area contributed by atoms with Crippen molar-refractivity contribution < 1.29 is 18.7 Å². The van der Waals surface area contributed by atoms with Crippen molar-refractivity contribution in [2.24, 2.45) is 5.73 Å². The van der Waals surface area contributed by atoms with E-state index in [1.807, 2.05) is 24.3 Å². The van der Waals surface area contributed by atoms with Crippen LogP contribution < -0.4 is 15.2 Å². The lowest BCUT2D eigenvalue weighted by Crippen LogP contribution is -2.21. The second-order valence-corrected chi connectivity index (χ2v) is 7.12. The number of benzene rings is 3. The van der Waals surface area contributed by atoms with Crippen LogP contribution in [0.5, 0.6) is 11.5 Å². The molecule has 1 heterocycles. The van der Waals surface area contributed by atoms with E-state index in [0.29, 0.717) is 11.3 Å². The highest BCUT2D eigenvalue weighted by atomic mass is 19.1. The smallest absolute Gasteiger partial charge is 0.343 e. The molecule has 1 aliphatic heterocycles. The normalized spacial score (nSPS) is 14.9. The number of hydrogen-bond donors (Lipinski definition) is 1. The van der Waals surface area contributed by atoms with E-state index in [1.54, 1.807) is 18.2 Å². The highest BCUT2D eigenvalue weighted by Crippen LogP contribution is 2.43. The predicted octanol–water partition coefficient (Wildman–Crippen LogP) is 4.83. The molecule has 154 valence electrons. The number of fused-ring (bicyclic) bond motifs is 1. The number of halogens is 1. The van der Waals surface area contributed by atoms with Crippen molar-refractivity contribution in [3.8, 4) is 17.6 Å². The number of nitrogens with zero attached hydrogens (tertiary/aromatic N) is 1. The lowest BCUT2D eigenvalue weighted by molar-refractivity contribution is 0.0734. The maximum atomic E-state index is 13.1. The van der Waals surface area contributed by atoms with Gasteiger partial charge in [0, 0.05) is 11.6 Å². The van der Waals surface area contributed by atoms with E-state index >= 15 is 0 Å². The van der Waals surface area contributed by atoms with Gasteiger partial charge in [-0.15, -0.1) is 0 Å². The summed E-state index contributed by atoms with van der Waals surface area (Å²) in [6.07, 6.45) is 0.913. The molecule has 3 aromatic rings. The van der Waals surface area contributed by atoms with Crippen LogP contribution >= 0.6 is 0 Å². The standard InChI is InChI=1S/C25H19FN2O3/c1-2-15-3-5-16(6-4-15)23-20-12-11-19(13-22(20)31-24(28)21(23)14-27)30-25(29)17-7-9-18(26)10-8-17/h3-13,23H,2,28H2,1H3. The third-order valence-corrected chi connectivity index (χ3v) is 5.20. The fourth-order valence-corrected chi connectivity index (χ4v) is 3.54. The molecule has 1 unspecified atom stereocenters. The van der Waals surface area contributed by atoms with Crippen molar-refractivity contribution in [1.82, 2.24) is 0 Å². The quantitative estimate of drug-likeness (QED) is 0.488. The zero-order valence-corrected chi connectivity index (χ0v) is 16.8. The van der Waals surface area contributed by atoms with Crippen LogP contribution in [-0.2, 0) is 6.42 Å². The van der Waals surface area contributed by atoms with Crippen molar-refractivity contribution in [1.29, 1.82) is 5.26 Å². The fraction of sp³-hybridized carbons (Fsp3) is 0.120. The molecule has 3 aromatic carbocycles. The van der Waals surface area contributed by atoms with Crippen LogP contribution in [0.25, 0.3) is 0 Å². The molecule has 0 saturated carbocycles. The number of rotatable bonds is 4. The molecule has 1 atom stereocenters. The van der Waals surface area contributed by atoms with Crippen molar-refractivity contribution in [3.63, 3.8) is 0 Å². The van der Waals surface area contributed by atoms with Crippen molar-refractivity contribution in [3.05, 3.63) is 106 Å². The Bertz CT molecular complexity index is 1210. The molecule has 0 amide bonds. The minimum Gasteiger partial charge on any atom is -0.440 e. The molecule has 1 aliphatic rings. The summed E-state index contributed by atoms with van der Waals surface area (Å²) < 4.78 is 24.1. The first-order valence-corrected chi connectivity index (χ1v) is 9.78. The van der Waals surface area contributed by atoms with Crippen molar-refractivity contribution in [2.45, 2.75) is 19.3 Å². The average Bonchev–Trinajstić information content (AvgIpc) is 2.78. The Balaban J connectivity index is 1.67. The van der Waals surface area contributed by atoms with Crippen LogP contribution in [0.15, 0.2) is 78.2 Å². The number of hydrogen-bond acceptors (Lipinski definition) is 5. The zero-order valence-electron chi connectivity index (χ0n) is 16.8. The van der Waals surface area contributed by atoms with Gasteiger partial charge in [0.05, 0.1) is 11.5 Å². The first-order chi connectivity index (χ1) is 15.0. The molecule has 0 aliphatic carbocycles. The zero-order chi connectivity index (χ0) is 22.0. The van der Waals surface area contributed by atoms with Gasteiger partial charge in [-0.3, -0.25) is 0 Å². The predicted molar refractivity (Wildman–Crippen MR) is 113 cm³/mol. The van der Waals surface area contributed by atoms with Gasteiger partial charge < -0.3 is 15.2 Å². The number of carbonyl (C=O) groups excluding carboxylic acids is 1. The molecule has 0 fully saturated rings. The third-order valence-electron chi connectivity index (χ3n) is 5.20. The van der Waals surface area contributed by atoms with E-state index < -0.39 is 11.8 Å². The number of carbonyl (C=O) groups is 1. The number of aryl methyl sites for hydroxylation is 1. The van der Waals surface area contributed by atoms with Gasteiger partial charge in [0.1, 0.15) is 29.0 Å². The van der Waals surface area contributed by atoms with E-state index in [9.17, 15) is 14.4 Å². The van der Waals surface area contributed by atoms with Crippen LogP contribution in [0.3, 0.4) is 0 Å². The molecule has 0 saturated heterocycles. The SMILES string of the molecule is CCc1ccc(C2C(C#N)=C(N)Oc3cc(OC(=O)c4ccc(F)cc4)ccc32)cc1. The molecular formula is C25H19FN2O3. The van der Waals surface area contributed by atoms with Gasteiger partial charge in [-0.1, -0.05) is 37.3 Å². The van der Waals surface area contributed by atoms with Crippen molar-refractivity contribution in [2.75, 3.05) is 0 Å². The van der Waals surface area contributed by atoms with Crippen molar-refractivity contribution >= 4 is 5.97 Å². The van der Waals surface area contributed by atoms with Crippen LogP contribution in [-0.4, -0.2) is 5.97 Å².